The molecule has 0 atom stereocenters. The largest absolute Gasteiger partial charge is 0.493 e. The number of amides is 1. The molecule has 8 nitrogen and oxygen atoms in total. The molecule has 2 heterocycles. The summed E-state index contributed by atoms with van der Waals surface area (Å²) in [6.07, 6.45) is 0.294. The Labute approximate surface area is 211 Å². The quantitative estimate of drug-likeness (QED) is 0.475. The highest BCUT2D eigenvalue weighted by Crippen LogP contribution is 2.40. The zero-order valence-corrected chi connectivity index (χ0v) is 21.5. The van der Waals surface area contributed by atoms with E-state index in [0.29, 0.717) is 43.3 Å². The van der Waals surface area contributed by atoms with Crippen LogP contribution in [0.3, 0.4) is 0 Å². The van der Waals surface area contributed by atoms with Crippen LogP contribution in [-0.2, 0) is 17.8 Å². The van der Waals surface area contributed by atoms with Gasteiger partial charge in [-0.25, -0.2) is 9.07 Å². The molecule has 0 aliphatic carbocycles. The van der Waals surface area contributed by atoms with Crippen LogP contribution in [0.15, 0.2) is 36.4 Å². The topological polar surface area (TPSA) is 69.1 Å². The summed E-state index contributed by atoms with van der Waals surface area (Å²) in [7, 11) is 4.82. The number of ether oxygens (including phenoxy) is 3. The number of halogens is 1. The van der Waals surface area contributed by atoms with Gasteiger partial charge in [0.2, 0.25) is 11.7 Å². The predicted molar refractivity (Wildman–Crippen MR) is 135 cm³/mol. The highest BCUT2D eigenvalue weighted by molar-refractivity contribution is 5.79. The Bertz CT molecular complexity index is 1220. The van der Waals surface area contributed by atoms with Gasteiger partial charge in [-0.1, -0.05) is 6.07 Å². The third kappa shape index (κ3) is 5.16. The van der Waals surface area contributed by atoms with Crippen molar-refractivity contribution in [1.29, 1.82) is 0 Å². The van der Waals surface area contributed by atoms with E-state index >= 15 is 0 Å². The summed E-state index contributed by atoms with van der Waals surface area (Å²) in [5, 5.41) is 4.59. The van der Waals surface area contributed by atoms with Crippen molar-refractivity contribution < 1.29 is 23.4 Å². The van der Waals surface area contributed by atoms with Crippen molar-refractivity contribution in [2.24, 2.45) is 0 Å². The number of hydrogen-bond acceptors (Lipinski definition) is 6. The third-order valence-electron chi connectivity index (χ3n) is 6.75. The normalized spacial score (nSPS) is 14.1. The molecule has 1 amide bonds. The fourth-order valence-electron chi connectivity index (χ4n) is 4.71. The van der Waals surface area contributed by atoms with Gasteiger partial charge in [0.15, 0.2) is 11.5 Å². The maximum absolute atomic E-state index is 13.3. The van der Waals surface area contributed by atoms with Crippen molar-refractivity contribution in [2.45, 2.75) is 26.8 Å². The van der Waals surface area contributed by atoms with Crippen molar-refractivity contribution in [3.63, 3.8) is 0 Å². The predicted octanol–water partition coefficient (Wildman–Crippen LogP) is 3.54. The van der Waals surface area contributed by atoms with E-state index in [2.05, 4.69) is 10.00 Å². The average Bonchev–Trinajstić information content (AvgIpc) is 3.17. The number of nitrogens with zero attached hydrogens (tertiary/aromatic N) is 4. The molecule has 0 radical (unpaired) electrons. The van der Waals surface area contributed by atoms with Crippen LogP contribution in [0.1, 0.15) is 22.5 Å². The van der Waals surface area contributed by atoms with Crippen LogP contribution in [0, 0.1) is 19.7 Å². The fraction of sp³-hybridized carbons (Fsp3) is 0.407. The summed E-state index contributed by atoms with van der Waals surface area (Å²) in [5.41, 5.74) is 4.40. The SMILES string of the molecule is COc1ccc(CN2CCN(C(=O)Cc3c(C)nn(-c4ccc(F)cc4)c3C)CC2)c(OC)c1OC. The van der Waals surface area contributed by atoms with Gasteiger partial charge in [0.1, 0.15) is 5.82 Å². The van der Waals surface area contributed by atoms with Crippen LogP contribution >= 0.6 is 0 Å². The summed E-state index contributed by atoms with van der Waals surface area (Å²) in [4.78, 5) is 17.4. The molecule has 3 aromatic rings. The van der Waals surface area contributed by atoms with E-state index in [1.54, 1.807) is 38.1 Å². The smallest absolute Gasteiger partial charge is 0.227 e. The molecule has 192 valence electrons. The standard InChI is InChI=1S/C27H33FN4O4/c1-18-23(19(2)32(29-18)22-9-7-21(28)8-10-22)16-25(33)31-14-12-30(13-15-31)17-20-6-11-24(34-3)27(36-5)26(20)35-4/h6-11H,12-17H2,1-5H3. The Morgan fingerprint density at radius 2 is 1.58 bits per heavy atom. The van der Waals surface area contributed by atoms with Crippen LogP contribution in [0.25, 0.3) is 5.69 Å². The number of piperazine rings is 1. The van der Waals surface area contributed by atoms with Crippen LogP contribution in [0.2, 0.25) is 0 Å². The molecule has 1 aliphatic heterocycles. The Morgan fingerprint density at radius 1 is 0.917 bits per heavy atom. The minimum absolute atomic E-state index is 0.0863. The van der Waals surface area contributed by atoms with Gasteiger partial charge in [0.25, 0.3) is 0 Å². The van der Waals surface area contributed by atoms with Crippen molar-refractivity contribution in [3.05, 3.63) is 64.7 Å². The molecule has 4 rings (SSSR count). The molecular weight excluding hydrogens is 463 g/mol. The third-order valence-corrected chi connectivity index (χ3v) is 6.75. The highest BCUT2D eigenvalue weighted by atomic mass is 19.1. The molecular formula is C27H33FN4O4. The van der Waals surface area contributed by atoms with Gasteiger partial charge in [0, 0.05) is 49.5 Å². The summed E-state index contributed by atoms with van der Waals surface area (Å²) in [6.45, 7) is 7.36. The molecule has 1 aliphatic rings. The zero-order valence-electron chi connectivity index (χ0n) is 21.5. The number of aromatic nitrogens is 2. The molecule has 0 unspecified atom stereocenters. The molecule has 0 saturated carbocycles. The lowest BCUT2D eigenvalue weighted by Crippen LogP contribution is -2.48. The van der Waals surface area contributed by atoms with Crippen LogP contribution in [0.4, 0.5) is 4.39 Å². The number of rotatable bonds is 8. The number of hydrogen-bond donors (Lipinski definition) is 0. The lowest BCUT2D eigenvalue weighted by Gasteiger charge is -2.35. The molecule has 0 spiro atoms. The number of carbonyl (C=O) groups is 1. The molecule has 1 saturated heterocycles. The highest BCUT2D eigenvalue weighted by Gasteiger charge is 2.25. The first kappa shape index (κ1) is 25.5. The average molecular weight is 497 g/mol. The van der Waals surface area contributed by atoms with Crippen LogP contribution in [0.5, 0.6) is 17.2 Å². The monoisotopic (exact) mass is 496 g/mol. The second-order valence-electron chi connectivity index (χ2n) is 8.86. The van der Waals surface area contributed by atoms with E-state index in [-0.39, 0.29) is 11.7 Å². The summed E-state index contributed by atoms with van der Waals surface area (Å²) in [6, 6.07) is 10.1. The van der Waals surface area contributed by atoms with Gasteiger partial charge >= 0.3 is 0 Å². The van der Waals surface area contributed by atoms with E-state index in [1.807, 2.05) is 30.9 Å². The van der Waals surface area contributed by atoms with Crippen molar-refractivity contribution >= 4 is 5.91 Å². The van der Waals surface area contributed by atoms with Gasteiger partial charge in [-0.05, 0) is 44.2 Å². The molecule has 36 heavy (non-hydrogen) atoms. The van der Waals surface area contributed by atoms with E-state index in [0.717, 1.165) is 41.3 Å². The second-order valence-corrected chi connectivity index (χ2v) is 8.86. The minimum Gasteiger partial charge on any atom is -0.493 e. The first-order valence-corrected chi connectivity index (χ1v) is 11.9. The Morgan fingerprint density at radius 3 is 2.19 bits per heavy atom. The van der Waals surface area contributed by atoms with E-state index < -0.39 is 0 Å². The number of aryl methyl sites for hydroxylation is 1. The number of carbonyl (C=O) groups excluding carboxylic acids is 1. The first-order valence-electron chi connectivity index (χ1n) is 11.9. The summed E-state index contributed by atoms with van der Waals surface area (Å²) in [5.74, 6) is 1.67. The Kier molecular flexibility index (Phi) is 7.79. The maximum atomic E-state index is 13.3. The minimum atomic E-state index is -0.292. The molecule has 2 aromatic carbocycles. The van der Waals surface area contributed by atoms with E-state index in [9.17, 15) is 9.18 Å². The number of benzene rings is 2. The van der Waals surface area contributed by atoms with Crippen LogP contribution in [-0.4, -0.2) is 73.0 Å². The van der Waals surface area contributed by atoms with Crippen molar-refractivity contribution in [1.82, 2.24) is 19.6 Å². The lowest BCUT2D eigenvalue weighted by molar-refractivity contribution is -0.132. The lowest BCUT2D eigenvalue weighted by atomic mass is 10.1. The first-order chi connectivity index (χ1) is 17.4. The Balaban J connectivity index is 1.39. The molecule has 0 bridgehead atoms. The molecule has 1 fully saturated rings. The number of methoxy groups -OCH3 is 3. The Hall–Kier alpha value is -3.59. The van der Waals surface area contributed by atoms with Gasteiger partial charge in [-0.3, -0.25) is 9.69 Å². The van der Waals surface area contributed by atoms with Gasteiger partial charge < -0.3 is 19.1 Å². The van der Waals surface area contributed by atoms with E-state index in [4.69, 9.17) is 14.2 Å². The van der Waals surface area contributed by atoms with Crippen molar-refractivity contribution in [3.8, 4) is 22.9 Å². The van der Waals surface area contributed by atoms with Gasteiger partial charge in [-0.2, -0.15) is 5.10 Å². The van der Waals surface area contributed by atoms with Gasteiger partial charge in [0.05, 0.1) is 39.1 Å². The second kappa shape index (κ2) is 11.0. The van der Waals surface area contributed by atoms with E-state index in [1.165, 1.54) is 12.1 Å². The molecule has 9 heteroatoms. The van der Waals surface area contributed by atoms with Crippen molar-refractivity contribution in [2.75, 3.05) is 47.5 Å². The van der Waals surface area contributed by atoms with Gasteiger partial charge in [-0.15, -0.1) is 0 Å². The maximum Gasteiger partial charge on any atom is 0.227 e. The fourth-order valence-corrected chi connectivity index (χ4v) is 4.71. The summed E-state index contributed by atoms with van der Waals surface area (Å²) >= 11 is 0. The molecule has 0 N–H and O–H groups in total. The molecule has 1 aromatic heterocycles. The summed E-state index contributed by atoms with van der Waals surface area (Å²) < 4.78 is 31.6. The van der Waals surface area contributed by atoms with Crippen LogP contribution < -0.4 is 14.2 Å². The zero-order chi connectivity index (χ0) is 25.8.